The Labute approximate surface area is 181 Å². The number of carbonyl (C=O) groups is 2. The quantitative estimate of drug-likeness (QED) is 0.619. The van der Waals surface area contributed by atoms with Gasteiger partial charge >= 0.3 is 0 Å². The maximum atomic E-state index is 13.2. The number of benzene rings is 2. The van der Waals surface area contributed by atoms with Crippen LogP contribution in [0.5, 0.6) is 0 Å². The van der Waals surface area contributed by atoms with Crippen LogP contribution in [0.2, 0.25) is 0 Å². The second-order valence-electron chi connectivity index (χ2n) is 7.21. The fraction of sp³-hybridized carbons (Fsp3) is 0.0870. The second-order valence-corrected chi connectivity index (χ2v) is 8.12. The van der Waals surface area contributed by atoms with Gasteiger partial charge in [-0.15, -0.1) is 0 Å². The third-order valence-corrected chi connectivity index (χ3v) is 5.84. The highest BCUT2D eigenvalue weighted by Crippen LogP contribution is 2.32. The van der Waals surface area contributed by atoms with Crippen molar-refractivity contribution in [1.29, 1.82) is 0 Å². The number of fused-ring (bicyclic) bond motifs is 2. The molecule has 30 heavy (non-hydrogen) atoms. The van der Waals surface area contributed by atoms with Gasteiger partial charge in [-0.05, 0) is 48.0 Å². The molecule has 0 bridgehead atoms. The van der Waals surface area contributed by atoms with Gasteiger partial charge in [0, 0.05) is 39.8 Å². The van der Waals surface area contributed by atoms with Crippen molar-refractivity contribution >= 4 is 44.5 Å². The number of hydrogen-bond acceptors (Lipinski definition) is 3. The summed E-state index contributed by atoms with van der Waals surface area (Å²) < 4.78 is 0.939. The molecule has 0 aliphatic carbocycles. The maximum Gasteiger partial charge on any atom is 0.295 e. The summed E-state index contributed by atoms with van der Waals surface area (Å²) in [5.74, 6) is -0.219. The lowest BCUT2D eigenvalue weighted by Gasteiger charge is -2.37. The largest absolute Gasteiger partial charge is 0.361 e. The molecular weight excluding hydrogens is 444 g/mol. The number of amidine groups is 1. The molecule has 0 fully saturated rings. The number of halogens is 1. The highest BCUT2D eigenvalue weighted by molar-refractivity contribution is 9.10. The number of aromatic nitrogens is 1. The van der Waals surface area contributed by atoms with Gasteiger partial charge in [-0.3, -0.25) is 9.59 Å². The van der Waals surface area contributed by atoms with E-state index in [1.54, 1.807) is 41.4 Å². The van der Waals surface area contributed by atoms with Crippen molar-refractivity contribution < 1.29 is 9.59 Å². The maximum absolute atomic E-state index is 13.2. The number of hydrogen-bond donors (Lipinski definition) is 2. The number of nitrogens with zero attached hydrogens (tertiary/aromatic N) is 2. The van der Waals surface area contributed by atoms with E-state index < -0.39 is 11.6 Å². The first-order chi connectivity index (χ1) is 14.6. The van der Waals surface area contributed by atoms with E-state index in [1.807, 2.05) is 42.6 Å². The van der Waals surface area contributed by atoms with Crippen molar-refractivity contribution in [3.8, 4) is 0 Å². The van der Waals surface area contributed by atoms with Crippen LogP contribution in [0.1, 0.15) is 15.9 Å². The van der Waals surface area contributed by atoms with Gasteiger partial charge < -0.3 is 15.2 Å². The molecule has 3 heterocycles. The summed E-state index contributed by atoms with van der Waals surface area (Å²) in [6.45, 7) is 0. The molecule has 7 heteroatoms. The van der Waals surface area contributed by atoms with E-state index in [1.165, 1.54) is 0 Å². The molecule has 1 unspecified atom stereocenters. The monoisotopic (exact) mass is 460 g/mol. The van der Waals surface area contributed by atoms with Crippen molar-refractivity contribution in [1.82, 2.24) is 15.2 Å². The Bertz CT molecular complexity index is 1260. The van der Waals surface area contributed by atoms with E-state index in [-0.39, 0.29) is 12.3 Å². The molecule has 2 aliphatic rings. The van der Waals surface area contributed by atoms with Crippen LogP contribution in [0.4, 0.5) is 0 Å². The SMILES string of the molecule is O=C(NC1(Cc2c[nH]c3ccc(Br)cc23)C(=O)N=C2C=CC=CN21)c1ccccc1. The standard InChI is InChI=1S/C23H17BrN4O2/c24-17-9-10-19-18(12-17)16(14-25-19)13-23(27-21(29)15-6-2-1-3-7-15)22(30)26-20-8-4-5-11-28(20)23/h1-12,14,25H,13H2,(H,27,29). The fourth-order valence-corrected chi connectivity index (χ4v) is 4.25. The van der Waals surface area contributed by atoms with Crippen molar-refractivity contribution in [2.45, 2.75) is 12.1 Å². The number of H-pyrrole nitrogens is 1. The van der Waals surface area contributed by atoms with Crippen molar-refractivity contribution in [2.75, 3.05) is 0 Å². The number of aromatic amines is 1. The van der Waals surface area contributed by atoms with Crippen LogP contribution < -0.4 is 5.32 Å². The normalized spacial score (nSPS) is 19.8. The highest BCUT2D eigenvalue weighted by Gasteiger charge is 2.51. The average molecular weight is 461 g/mol. The predicted octanol–water partition coefficient (Wildman–Crippen LogP) is 3.92. The molecule has 1 aromatic heterocycles. The average Bonchev–Trinajstić information content (AvgIpc) is 3.27. The molecule has 6 nitrogen and oxygen atoms in total. The number of allylic oxidation sites excluding steroid dienone is 2. The molecule has 2 N–H and O–H groups in total. The molecule has 2 aliphatic heterocycles. The zero-order chi connectivity index (χ0) is 20.7. The predicted molar refractivity (Wildman–Crippen MR) is 119 cm³/mol. The highest BCUT2D eigenvalue weighted by atomic mass is 79.9. The number of nitrogens with one attached hydrogen (secondary N) is 2. The van der Waals surface area contributed by atoms with Crippen molar-refractivity contribution in [3.63, 3.8) is 0 Å². The molecule has 2 aromatic carbocycles. The number of aliphatic imine (C=N–C) groups is 1. The van der Waals surface area contributed by atoms with Gasteiger partial charge in [-0.2, -0.15) is 4.99 Å². The Morgan fingerprint density at radius 2 is 2.00 bits per heavy atom. The lowest BCUT2D eigenvalue weighted by atomic mass is 9.96. The number of rotatable bonds is 4. The minimum Gasteiger partial charge on any atom is -0.361 e. The fourth-order valence-electron chi connectivity index (χ4n) is 3.89. The van der Waals surface area contributed by atoms with Crippen molar-refractivity contribution in [3.05, 3.63) is 94.8 Å². The van der Waals surface area contributed by atoms with Gasteiger partial charge in [0.1, 0.15) is 5.84 Å². The van der Waals surface area contributed by atoms with Crippen LogP contribution in [0, 0.1) is 0 Å². The zero-order valence-electron chi connectivity index (χ0n) is 15.8. The first kappa shape index (κ1) is 18.6. The van der Waals surface area contributed by atoms with Gasteiger partial charge in [0.15, 0.2) is 0 Å². The summed E-state index contributed by atoms with van der Waals surface area (Å²) in [6, 6.07) is 14.8. The lowest BCUT2D eigenvalue weighted by Crippen LogP contribution is -2.63. The summed E-state index contributed by atoms with van der Waals surface area (Å²) in [5, 5.41) is 3.97. The summed E-state index contributed by atoms with van der Waals surface area (Å²) in [7, 11) is 0. The van der Waals surface area contributed by atoms with Crippen LogP contribution in [0.15, 0.2) is 88.6 Å². The van der Waals surface area contributed by atoms with Gasteiger partial charge in [0.25, 0.3) is 11.8 Å². The Morgan fingerprint density at radius 3 is 2.83 bits per heavy atom. The van der Waals surface area contributed by atoms with Crippen LogP contribution in [-0.4, -0.2) is 33.2 Å². The van der Waals surface area contributed by atoms with Crippen LogP contribution in [0.3, 0.4) is 0 Å². The van der Waals surface area contributed by atoms with Crippen LogP contribution in [0.25, 0.3) is 10.9 Å². The lowest BCUT2D eigenvalue weighted by molar-refractivity contribution is -0.126. The van der Waals surface area contributed by atoms with E-state index in [0.29, 0.717) is 11.4 Å². The molecular formula is C23H17BrN4O2. The van der Waals surface area contributed by atoms with Crippen LogP contribution >= 0.6 is 15.9 Å². The topological polar surface area (TPSA) is 77.6 Å². The molecule has 2 amide bonds. The summed E-state index contributed by atoms with van der Waals surface area (Å²) in [5.41, 5.74) is 1.00. The summed E-state index contributed by atoms with van der Waals surface area (Å²) >= 11 is 3.51. The van der Waals surface area contributed by atoms with Gasteiger partial charge in [-0.1, -0.05) is 40.2 Å². The third kappa shape index (κ3) is 2.98. The Balaban J connectivity index is 1.59. The molecule has 0 spiro atoms. The smallest absolute Gasteiger partial charge is 0.295 e. The third-order valence-electron chi connectivity index (χ3n) is 5.35. The molecule has 0 saturated heterocycles. The second kappa shape index (κ2) is 7.11. The number of carbonyl (C=O) groups excluding carboxylic acids is 2. The first-order valence-corrected chi connectivity index (χ1v) is 10.3. The summed E-state index contributed by atoms with van der Waals surface area (Å²) in [6.07, 6.45) is 9.32. The Morgan fingerprint density at radius 1 is 1.17 bits per heavy atom. The molecule has 3 aromatic rings. The van der Waals surface area contributed by atoms with E-state index in [0.717, 1.165) is 20.9 Å². The van der Waals surface area contributed by atoms with E-state index in [4.69, 9.17) is 0 Å². The van der Waals surface area contributed by atoms with Crippen LogP contribution in [-0.2, 0) is 11.2 Å². The van der Waals surface area contributed by atoms with Gasteiger partial charge in [-0.25, -0.2) is 0 Å². The molecule has 0 radical (unpaired) electrons. The number of amides is 2. The minimum atomic E-state index is -1.35. The van der Waals surface area contributed by atoms with Gasteiger partial charge in [0.2, 0.25) is 5.66 Å². The Hall–Kier alpha value is -3.45. The van der Waals surface area contributed by atoms with Gasteiger partial charge in [0.05, 0.1) is 0 Å². The molecule has 148 valence electrons. The minimum absolute atomic E-state index is 0.256. The molecule has 5 rings (SSSR count). The van der Waals surface area contributed by atoms with Crippen molar-refractivity contribution in [2.24, 2.45) is 4.99 Å². The Kier molecular flexibility index (Phi) is 4.40. The molecule has 0 saturated carbocycles. The van der Waals surface area contributed by atoms with E-state index in [9.17, 15) is 9.59 Å². The summed E-state index contributed by atoms with van der Waals surface area (Å²) in [4.78, 5) is 35.5. The molecule has 1 atom stereocenters. The zero-order valence-corrected chi connectivity index (χ0v) is 17.4. The first-order valence-electron chi connectivity index (χ1n) is 9.47. The van der Waals surface area contributed by atoms with E-state index in [2.05, 4.69) is 31.2 Å². The van der Waals surface area contributed by atoms with E-state index >= 15 is 0 Å².